The molecule has 0 saturated carbocycles. The summed E-state index contributed by atoms with van der Waals surface area (Å²) in [5, 5.41) is 3.75. The summed E-state index contributed by atoms with van der Waals surface area (Å²) in [6.07, 6.45) is 3.29. The number of rotatable bonds is 0. The predicted molar refractivity (Wildman–Crippen MR) is 32.7 cm³/mol. The first-order valence-electron chi connectivity index (χ1n) is 1.61. The molecule has 0 aliphatic carbocycles. The molecule has 0 spiro atoms. The third kappa shape index (κ3) is 2.40. The van der Waals surface area contributed by atoms with Crippen LogP contribution in [0.4, 0.5) is 0 Å². The molecule has 0 unspecified atom stereocenters. The van der Waals surface area contributed by atoms with E-state index in [2.05, 4.69) is 4.74 Å². The smallest absolute Gasteiger partial charge is 0.0968 e. The standard InChI is InChI=1S/C4H4OS.B/c1-3-6-4-2-5-1;/h1-4H;. The highest BCUT2D eigenvalue weighted by molar-refractivity contribution is 8.04. The first kappa shape index (κ1) is 6.69. The maximum atomic E-state index is 4.69. The molecule has 1 heterocycles. The summed E-state index contributed by atoms with van der Waals surface area (Å²) in [7, 11) is 0. The predicted octanol–water partition coefficient (Wildman–Crippen LogP) is 1.31. The fraction of sp³-hybridized carbons (Fsp3) is 0. The lowest BCUT2D eigenvalue weighted by molar-refractivity contribution is 0.404. The molecule has 35 valence electrons. The molecule has 0 atom stereocenters. The Morgan fingerprint density at radius 3 is 1.86 bits per heavy atom. The third-order valence-electron chi connectivity index (χ3n) is 0.425. The summed E-state index contributed by atoms with van der Waals surface area (Å²) in [5.74, 6) is 0. The van der Waals surface area contributed by atoms with Gasteiger partial charge in [0.25, 0.3) is 0 Å². The first-order chi connectivity index (χ1) is 3.00. The molecule has 0 saturated heterocycles. The van der Waals surface area contributed by atoms with E-state index in [0.29, 0.717) is 0 Å². The van der Waals surface area contributed by atoms with E-state index in [0.717, 1.165) is 0 Å². The lowest BCUT2D eigenvalue weighted by Gasteiger charge is -1.91. The van der Waals surface area contributed by atoms with Crippen LogP contribution in [0.1, 0.15) is 0 Å². The van der Waals surface area contributed by atoms with Gasteiger partial charge in [-0.1, -0.05) is 11.8 Å². The van der Waals surface area contributed by atoms with Gasteiger partial charge in [-0.15, -0.1) is 0 Å². The molecule has 1 nitrogen and oxygen atoms in total. The molecule has 0 fully saturated rings. The molecule has 1 aliphatic heterocycles. The van der Waals surface area contributed by atoms with E-state index in [1.165, 1.54) is 0 Å². The van der Waals surface area contributed by atoms with E-state index in [1.54, 1.807) is 24.3 Å². The van der Waals surface area contributed by atoms with Gasteiger partial charge in [-0.25, -0.2) is 0 Å². The zero-order valence-electron chi connectivity index (χ0n) is 3.70. The van der Waals surface area contributed by atoms with E-state index in [-0.39, 0.29) is 8.41 Å². The zero-order valence-corrected chi connectivity index (χ0v) is 4.52. The molecule has 0 aromatic heterocycles. The molecule has 3 radical (unpaired) electrons. The van der Waals surface area contributed by atoms with Crippen LogP contribution in [0.15, 0.2) is 23.3 Å². The molecule has 0 aromatic carbocycles. The second-order valence-corrected chi connectivity index (χ2v) is 1.63. The Bertz CT molecular complexity index is 69.7. The molecule has 1 rings (SSSR count). The minimum absolute atomic E-state index is 0. The monoisotopic (exact) mass is 111 g/mol. The Morgan fingerprint density at radius 1 is 1.14 bits per heavy atom. The summed E-state index contributed by atoms with van der Waals surface area (Å²) in [6.45, 7) is 0. The fourth-order valence-corrected chi connectivity index (χ4v) is 0.566. The van der Waals surface area contributed by atoms with Crippen molar-refractivity contribution in [3.8, 4) is 0 Å². The minimum Gasteiger partial charge on any atom is -0.472 e. The highest BCUT2D eigenvalue weighted by atomic mass is 32.2. The summed E-state index contributed by atoms with van der Waals surface area (Å²) in [6, 6.07) is 0. The summed E-state index contributed by atoms with van der Waals surface area (Å²) >= 11 is 1.61. The average molecular weight is 111 g/mol. The van der Waals surface area contributed by atoms with Gasteiger partial charge in [0.15, 0.2) is 0 Å². The normalized spacial score (nSPS) is 14.9. The number of hydrogen-bond donors (Lipinski definition) is 0. The Morgan fingerprint density at radius 2 is 1.71 bits per heavy atom. The highest BCUT2D eigenvalue weighted by Crippen LogP contribution is 2.07. The van der Waals surface area contributed by atoms with Crippen LogP contribution in [0.25, 0.3) is 0 Å². The Labute approximate surface area is 49.0 Å². The molecule has 0 N–H and O–H groups in total. The zero-order chi connectivity index (χ0) is 4.24. The lowest BCUT2D eigenvalue weighted by Crippen LogP contribution is -1.65. The van der Waals surface area contributed by atoms with E-state index in [1.807, 2.05) is 10.8 Å². The van der Waals surface area contributed by atoms with Gasteiger partial charge in [0, 0.05) is 19.2 Å². The second-order valence-electron chi connectivity index (χ2n) is 0.816. The van der Waals surface area contributed by atoms with Crippen molar-refractivity contribution in [2.45, 2.75) is 0 Å². The van der Waals surface area contributed by atoms with Gasteiger partial charge in [-0.3, -0.25) is 0 Å². The van der Waals surface area contributed by atoms with Crippen LogP contribution in [0.3, 0.4) is 0 Å². The van der Waals surface area contributed by atoms with Crippen LogP contribution in [0.5, 0.6) is 0 Å². The Balaban J connectivity index is 0.000000360. The van der Waals surface area contributed by atoms with Crippen molar-refractivity contribution in [3.05, 3.63) is 23.3 Å². The van der Waals surface area contributed by atoms with Gasteiger partial charge in [0.2, 0.25) is 0 Å². The van der Waals surface area contributed by atoms with E-state index < -0.39 is 0 Å². The van der Waals surface area contributed by atoms with Crippen LogP contribution in [0.2, 0.25) is 0 Å². The van der Waals surface area contributed by atoms with Crippen molar-refractivity contribution in [1.82, 2.24) is 0 Å². The molecular weight excluding hydrogens is 107 g/mol. The summed E-state index contributed by atoms with van der Waals surface area (Å²) < 4.78 is 4.69. The number of thioether (sulfide) groups is 1. The van der Waals surface area contributed by atoms with Crippen molar-refractivity contribution in [2.24, 2.45) is 0 Å². The largest absolute Gasteiger partial charge is 0.472 e. The van der Waals surface area contributed by atoms with Crippen LogP contribution in [-0.2, 0) is 4.74 Å². The fourth-order valence-electron chi connectivity index (χ4n) is 0.219. The van der Waals surface area contributed by atoms with Crippen LogP contribution < -0.4 is 0 Å². The summed E-state index contributed by atoms with van der Waals surface area (Å²) in [5.41, 5.74) is 0. The van der Waals surface area contributed by atoms with Crippen LogP contribution in [0, 0.1) is 0 Å². The van der Waals surface area contributed by atoms with Gasteiger partial charge < -0.3 is 4.74 Å². The molecule has 0 bridgehead atoms. The van der Waals surface area contributed by atoms with Crippen molar-refractivity contribution in [3.63, 3.8) is 0 Å². The number of hydrogen-bond acceptors (Lipinski definition) is 2. The quantitative estimate of drug-likeness (QED) is 0.436. The van der Waals surface area contributed by atoms with Crippen molar-refractivity contribution in [2.75, 3.05) is 0 Å². The second kappa shape index (κ2) is 3.87. The van der Waals surface area contributed by atoms with Crippen molar-refractivity contribution < 1.29 is 4.74 Å². The topological polar surface area (TPSA) is 9.23 Å². The van der Waals surface area contributed by atoms with Gasteiger partial charge in [0.05, 0.1) is 12.5 Å². The van der Waals surface area contributed by atoms with Crippen LogP contribution in [-0.4, -0.2) is 8.41 Å². The van der Waals surface area contributed by atoms with Gasteiger partial charge in [-0.2, -0.15) is 0 Å². The lowest BCUT2D eigenvalue weighted by atomic mass is 10.8. The van der Waals surface area contributed by atoms with Crippen LogP contribution >= 0.6 is 11.8 Å². The third-order valence-corrected chi connectivity index (χ3v) is 0.962. The first-order valence-corrected chi connectivity index (χ1v) is 2.55. The highest BCUT2D eigenvalue weighted by Gasteiger charge is 1.76. The molecular formula is C4H4BOS. The maximum Gasteiger partial charge on any atom is 0.0968 e. The van der Waals surface area contributed by atoms with E-state index in [4.69, 9.17) is 0 Å². The average Bonchev–Trinajstić information content (AvgIpc) is 1.72. The molecule has 0 aromatic rings. The van der Waals surface area contributed by atoms with Gasteiger partial charge in [-0.05, 0) is 0 Å². The molecule has 1 aliphatic rings. The Kier molecular flexibility index (Phi) is 3.70. The van der Waals surface area contributed by atoms with Crippen molar-refractivity contribution in [1.29, 1.82) is 0 Å². The minimum atomic E-state index is 0. The summed E-state index contributed by atoms with van der Waals surface area (Å²) in [4.78, 5) is 0. The van der Waals surface area contributed by atoms with E-state index in [9.17, 15) is 0 Å². The molecule has 7 heavy (non-hydrogen) atoms. The Hall–Kier alpha value is -0.305. The van der Waals surface area contributed by atoms with Gasteiger partial charge in [0.1, 0.15) is 0 Å². The van der Waals surface area contributed by atoms with Gasteiger partial charge >= 0.3 is 0 Å². The van der Waals surface area contributed by atoms with E-state index >= 15 is 0 Å². The maximum absolute atomic E-state index is 4.69. The molecule has 0 amide bonds. The molecule has 3 heteroatoms. The number of ether oxygens (including phenoxy) is 1. The van der Waals surface area contributed by atoms with Crippen molar-refractivity contribution >= 4 is 20.2 Å². The SMILES string of the molecule is C1=CSC=CO1.[B].